The molecule has 0 fully saturated rings. The standard InChI is InChI=1S/C14H16FNO3/c1-14(2,13(18)19)16-12(17)5-3-4-10-6-8-11(15)9-7-10/h3-4,6-9H,5H2,1-2H3,(H,16,17)(H,18,19)/b4-3+. The molecule has 0 unspecified atom stereocenters. The third kappa shape index (κ3) is 4.91. The zero-order chi connectivity index (χ0) is 14.5. The summed E-state index contributed by atoms with van der Waals surface area (Å²) < 4.78 is 12.7. The van der Waals surface area contributed by atoms with Crippen LogP contribution in [-0.2, 0) is 9.59 Å². The molecule has 102 valence electrons. The van der Waals surface area contributed by atoms with Gasteiger partial charge in [-0.3, -0.25) is 4.79 Å². The molecule has 0 spiro atoms. The topological polar surface area (TPSA) is 66.4 Å². The Hall–Kier alpha value is -2.17. The number of halogens is 1. The molecule has 0 radical (unpaired) electrons. The second-order valence-corrected chi connectivity index (χ2v) is 4.64. The van der Waals surface area contributed by atoms with E-state index in [0.29, 0.717) is 0 Å². The second kappa shape index (κ2) is 6.13. The van der Waals surface area contributed by atoms with Crippen LogP contribution in [0.25, 0.3) is 6.08 Å². The second-order valence-electron chi connectivity index (χ2n) is 4.64. The van der Waals surface area contributed by atoms with Gasteiger partial charge in [-0.25, -0.2) is 9.18 Å². The maximum Gasteiger partial charge on any atom is 0.328 e. The molecule has 0 aromatic heterocycles. The maximum absolute atomic E-state index is 12.7. The summed E-state index contributed by atoms with van der Waals surface area (Å²) in [5.74, 6) is -1.80. The van der Waals surface area contributed by atoms with Crippen LogP contribution in [0.2, 0.25) is 0 Å². The van der Waals surface area contributed by atoms with Crippen LogP contribution in [0.4, 0.5) is 4.39 Å². The Balaban J connectivity index is 2.51. The van der Waals surface area contributed by atoms with Gasteiger partial charge >= 0.3 is 5.97 Å². The number of rotatable bonds is 5. The van der Waals surface area contributed by atoms with Gasteiger partial charge < -0.3 is 10.4 Å². The molecule has 19 heavy (non-hydrogen) atoms. The molecular weight excluding hydrogens is 249 g/mol. The van der Waals surface area contributed by atoms with Crippen LogP contribution >= 0.6 is 0 Å². The molecule has 0 bridgehead atoms. The van der Waals surface area contributed by atoms with Crippen molar-refractivity contribution in [3.05, 3.63) is 41.7 Å². The van der Waals surface area contributed by atoms with E-state index in [2.05, 4.69) is 5.32 Å². The molecule has 2 N–H and O–H groups in total. The van der Waals surface area contributed by atoms with Crippen molar-refractivity contribution >= 4 is 18.0 Å². The van der Waals surface area contributed by atoms with Crippen molar-refractivity contribution in [1.82, 2.24) is 5.32 Å². The molecule has 0 aliphatic heterocycles. The summed E-state index contributed by atoms with van der Waals surface area (Å²) in [6, 6.07) is 5.83. The van der Waals surface area contributed by atoms with Crippen LogP contribution in [0.1, 0.15) is 25.8 Å². The number of carboxylic acids is 1. The zero-order valence-electron chi connectivity index (χ0n) is 10.8. The summed E-state index contributed by atoms with van der Waals surface area (Å²) in [5.41, 5.74) is -0.521. The van der Waals surface area contributed by atoms with Crippen molar-refractivity contribution in [1.29, 1.82) is 0 Å². The first-order valence-electron chi connectivity index (χ1n) is 5.78. The average molecular weight is 265 g/mol. The summed E-state index contributed by atoms with van der Waals surface area (Å²) in [5, 5.41) is 11.3. The van der Waals surface area contributed by atoms with Crippen LogP contribution in [0, 0.1) is 5.82 Å². The first kappa shape index (κ1) is 14.9. The van der Waals surface area contributed by atoms with Gasteiger partial charge in [0, 0.05) is 6.42 Å². The van der Waals surface area contributed by atoms with Crippen LogP contribution in [0.15, 0.2) is 30.3 Å². The van der Waals surface area contributed by atoms with Gasteiger partial charge in [-0.2, -0.15) is 0 Å². The van der Waals surface area contributed by atoms with Gasteiger partial charge in [0.15, 0.2) is 0 Å². The van der Waals surface area contributed by atoms with E-state index in [1.807, 2.05) is 0 Å². The minimum Gasteiger partial charge on any atom is -0.480 e. The summed E-state index contributed by atoms with van der Waals surface area (Å²) in [7, 11) is 0. The number of carbonyl (C=O) groups is 2. The van der Waals surface area contributed by atoms with Gasteiger partial charge in [-0.15, -0.1) is 0 Å². The first-order chi connectivity index (χ1) is 8.81. The van der Waals surface area contributed by atoms with Crippen molar-refractivity contribution in [2.24, 2.45) is 0 Å². The normalized spacial score (nSPS) is 11.5. The van der Waals surface area contributed by atoms with Crippen molar-refractivity contribution in [3.63, 3.8) is 0 Å². The number of nitrogens with one attached hydrogen (secondary N) is 1. The zero-order valence-corrected chi connectivity index (χ0v) is 10.8. The number of carbonyl (C=O) groups excluding carboxylic acids is 1. The van der Waals surface area contributed by atoms with Gasteiger partial charge in [-0.1, -0.05) is 24.3 Å². The predicted octanol–water partition coefficient (Wildman–Crippen LogP) is 2.21. The van der Waals surface area contributed by atoms with Crippen LogP contribution in [-0.4, -0.2) is 22.5 Å². The van der Waals surface area contributed by atoms with Crippen LogP contribution in [0.3, 0.4) is 0 Å². The molecule has 1 aromatic rings. The molecule has 1 amide bonds. The Morgan fingerprint density at radius 1 is 1.32 bits per heavy atom. The van der Waals surface area contributed by atoms with E-state index >= 15 is 0 Å². The van der Waals surface area contributed by atoms with Crippen LogP contribution < -0.4 is 5.32 Å². The van der Waals surface area contributed by atoms with E-state index in [4.69, 9.17) is 5.11 Å². The lowest BCUT2D eigenvalue weighted by Gasteiger charge is -2.20. The van der Waals surface area contributed by atoms with Gasteiger partial charge in [0.05, 0.1) is 0 Å². The van der Waals surface area contributed by atoms with Crippen LogP contribution in [0.5, 0.6) is 0 Å². The lowest BCUT2D eigenvalue weighted by molar-refractivity contribution is -0.145. The highest BCUT2D eigenvalue weighted by Crippen LogP contribution is 2.06. The number of carboxylic acid groups (broad SMARTS) is 1. The molecular formula is C14H16FNO3. The van der Waals surface area contributed by atoms with E-state index in [1.165, 1.54) is 26.0 Å². The fourth-order valence-electron chi connectivity index (χ4n) is 1.33. The largest absolute Gasteiger partial charge is 0.480 e. The highest BCUT2D eigenvalue weighted by Gasteiger charge is 2.28. The monoisotopic (exact) mass is 265 g/mol. The van der Waals surface area contributed by atoms with Crippen molar-refractivity contribution in [2.75, 3.05) is 0 Å². The molecule has 1 aromatic carbocycles. The lowest BCUT2D eigenvalue weighted by atomic mass is 10.1. The Morgan fingerprint density at radius 2 is 1.89 bits per heavy atom. The Bertz CT molecular complexity index is 492. The summed E-state index contributed by atoms with van der Waals surface area (Å²) >= 11 is 0. The number of hydrogen-bond acceptors (Lipinski definition) is 2. The molecule has 0 heterocycles. The molecule has 0 aliphatic rings. The summed E-state index contributed by atoms with van der Waals surface area (Å²) in [6.45, 7) is 2.83. The molecule has 0 saturated carbocycles. The quantitative estimate of drug-likeness (QED) is 0.857. The maximum atomic E-state index is 12.7. The van der Waals surface area contributed by atoms with Crippen molar-refractivity contribution < 1.29 is 19.1 Å². The first-order valence-corrected chi connectivity index (χ1v) is 5.78. The molecule has 0 saturated heterocycles. The van der Waals surface area contributed by atoms with Crippen molar-refractivity contribution in [2.45, 2.75) is 25.8 Å². The minimum atomic E-state index is -1.29. The number of benzene rings is 1. The average Bonchev–Trinajstić information content (AvgIpc) is 2.31. The van der Waals surface area contributed by atoms with E-state index in [1.54, 1.807) is 24.3 Å². The highest BCUT2D eigenvalue weighted by molar-refractivity contribution is 5.87. The van der Waals surface area contributed by atoms with E-state index < -0.39 is 11.5 Å². The molecule has 4 nitrogen and oxygen atoms in total. The fourth-order valence-corrected chi connectivity index (χ4v) is 1.33. The minimum absolute atomic E-state index is 0.0636. The molecule has 5 heteroatoms. The Morgan fingerprint density at radius 3 is 2.42 bits per heavy atom. The lowest BCUT2D eigenvalue weighted by Crippen LogP contribution is -2.49. The number of aliphatic carboxylic acids is 1. The van der Waals surface area contributed by atoms with E-state index in [9.17, 15) is 14.0 Å². The third-order valence-corrected chi connectivity index (χ3v) is 2.47. The summed E-state index contributed by atoms with van der Waals surface area (Å²) in [4.78, 5) is 22.3. The summed E-state index contributed by atoms with van der Waals surface area (Å²) in [6.07, 6.45) is 3.33. The third-order valence-electron chi connectivity index (χ3n) is 2.47. The Labute approximate surface area is 110 Å². The van der Waals surface area contributed by atoms with E-state index in [-0.39, 0.29) is 18.1 Å². The Kier molecular flexibility index (Phi) is 4.80. The van der Waals surface area contributed by atoms with Gasteiger partial charge in [-0.05, 0) is 31.5 Å². The SMILES string of the molecule is CC(C)(NC(=O)C/C=C/c1ccc(F)cc1)C(=O)O. The smallest absolute Gasteiger partial charge is 0.328 e. The van der Waals surface area contributed by atoms with Crippen molar-refractivity contribution in [3.8, 4) is 0 Å². The van der Waals surface area contributed by atoms with Gasteiger partial charge in [0.2, 0.25) is 5.91 Å². The van der Waals surface area contributed by atoms with Gasteiger partial charge in [0.1, 0.15) is 11.4 Å². The number of hydrogen-bond donors (Lipinski definition) is 2. The molecule has 0 atom stereocenters. The molecule has 1 rings (SSSR count). The highest BCUT2D eigenvalue weighted by atomic mass is 19.1. The fraction of sp³-hybridized carbons (Fsp3) is 0.286. The number of amides is 1. The predicted molar refractivity (Wildman–Crippen MR) is 69.9 cm³/mol. The van der Waals surface area contributed by atoms with Gasteiger partial charge in [0.25, 0.3) is 0 Å². The molecule has 0 aliphatic carbocycles. The van der Waals surface area contributed by atoms with E-state index in [0.717, 1.165) is 5.56 Å².